The summed E-state index contributed by atoms with van der Waals surface area (Å²) in [6, 6.07) is 3.91. The summed E-state index contributed by atoms with van der Waals surface area (Å²) >= 11 is 0. The Balaban J connectivity index is 1.55. The molecule has 138 valence electrons. The van der Waals surface area contributed by atoms with Gasteiger partial charge in [-0.15, -0.1) is 10.2 Å². The Morgan fingerprint density at radius 3 is 2.73 bits per heavy atom. The maximum absolute atomic E-state index is 12.7. The van der Waals surface area contributed by atoms with Crippen LogP contribution in [0.1, 0.15) is 36.2 Å². The fraction of sp³-hybridized carbons (Fsp3) is 0.529. The summed E-state index contributed by atoms with van der Waals surface area (Å²) in [7, 11) is 0. The van der Waals surface area contributed by atoms with Gasteiger partial charge in [0.1, 0.15) is 0 Å². The van der Waals surface area contributed by atoms with Gasteiger partial charge in [-0.1, -0.05) is 0 Å². The van der Waals surface area contributed by atoms with Crippen molar-refractivity contribution in [1.29, 1.82) is 0 Å². The van der Waals surface area contributed by atoms with Crippen molar-refractivity contribution in [3.05, 3.63) is 45.5 Å². The Hall–Kier alpha value is -2.45. The van der Waals surface area contributed by atoms with Crippen LogP contribution < -0.4 is 10.5 Å². The van der Waals surface area contributed by atoms with E-state index in [4.69, 9.17) is 0 Å². The van der Waals surface area contributed by atoms with Gasteiger partial charge in [-0.05, 0) is 49.8 Å². The molecule has 0 aromatic carbocycles. The first-order chi connectivity index (χ1) is 12.4. The van der Waals surface area contributed by atoms with Crippen LogP contribution in [0.25, 0.3) is 0 Å². The summed E-state index contributed by atoms with van der Waals surface area (Å²) in [5, 5.41) is 11.5. The average Bonchev–Trinajstić information content (AvgIpc) is 3.23. The second-order valence-electron chi connectivity index (χ2n) is 6.75. The van der Waals surface area contributed by atoms with Gasteiger partial charge in [0.05, 0.1) is 18.3 Å². The summed E-state index contributed by atoms with van der Waals surface area (Å²) in [5.41, 5.74) is 0.871. The van der Waals surface area contributed by atoms with Crippen LogP contribution in [0.2, 0.25) is 0 Å². The Labute approximate surface area is 147 Å². The van der Waals surface area contributed by atoms with Gasteiger partial charge >= 0.3 is 6.18 Å². The highest BCUT2D eigenvalue weighted by Crippen LogP contribution is 2.29. The Kier molecular flexibility index (Phi) is 4.16. The maximum atomic E-state index is 12.7. The number of alkyl halides is 3. The van der Waals surface area contributed by atoms with E-state index < -0.39 is 11.9 Å². The first-order valence-electron chi connectivity index (χ1n) is 8.69. The molecular formula is C17H18F3N5O. The SMILES string of the molecule is O=c1cc2c(nn1CC1CCCN1c1ccc(C(F)(F)F)nn1)CCC2. The summed E-state index contributed by atoms with van der Waals surface area (Å²) < 4.78 is 39.4. The number of fused-ring (bicyclic) bond motifs is 1. The number of nitrogens with zero attached hydrogens (tertiary/aromatic N) is 5. The molecule has 1 aliphatic carbocycles. The topological polar surface area (TPSA) is 63.9 Å². The lowest BCUT2D eigenvalue weighted by molar-refractivity contribution is -0.141. The fourth-order valence-electron chi connectivity index (χ4n) is 3.73. The van der Waals surface area contributed by atoms with Crippen LogP contribution in [0.3, 0.4) is 0 Å². The third-order valence-corrected chi connectivity index (χ3v) is 5.02. The molecule has 0 N–H and O–H groups in total. The third-order valence-electron chi connectivity index (χ3n) is 5.02. The summed E-state index contributed by atoms with van der Waals surface area (Å²) in [6.07, 6.45) is 0.00449. The molecule has 6 nitrogen and oxygen atoms in total. The lowest BCUT2D eigenvalue weighted by Crippen LogP contribution is -2.38. The number of halogens is 3. The second kappa shape index (κ2) is 6.37. The third kappa shape index (κ3) is 3.17. The molecular weight excluding hydrogens is 347 g/mol. The normalized spacial score (nSPS) is 19.8. The summed E-state index contributed by atoms with van der Waals surface area (Å²) in [5.74, 6) is 0.398. The molecule has 2 aromatic rings. The van der Waals surface area contributed by atoms with Gasteiger partial charge in [-0.2, -0.15) is 18.3 Å². The van der Waals surface area contributed by atoms with Crippen molar-refractivity contribution in [3.63, 3.8) is 0 Å². The van der Waals surface area contributed by atoms with Gasteiger partial charge in [0, 0.05) is 12.6 Å². The van der Waals surface area contributed by atoms with Crippen molar-refractivity contribution in [3.8, 4) is 0 Å². The van der Waals surface area contributed by atoms with Crippen LogP contribution in [-0.4, -0.2) is 32.6 Å². The first-order valence-corrected chi connectivity index (χ1v) is 8.69. The molecule has 0 bridgehead atoms. The summed E-state index contributed by atoms with van der Waals surface area (Å²) in [4.78, 5) is 14.2. The molecule has 26 heavy (non-hydrogen) atoms. The number of aryl methyl sites for hydroxylation is 2. The van der Waals surface area contributed by atoms with E-state index in [9.17, 15) is 18.0 Å². The minimum atomic E-state index is -4.50. The Morgan fingerprint density at radius 2 is 2.00 bits per heavy atom. The minimum Gasteiger partial charge on any atom is -0.350 e. The zero-order chi connectivity index (χ0) is 18.3. The minimum absolute atomic E-state index is 0.0364. The lowest BCUT2D eigenvalue weighted by atomic mass is 10.2. The largest absolute Gasteiger partial charge is 0.435 e. The molecule has 2 aliphatic rings. The highest BCUT2D eigenvalue weighted by molar-refractivity contribution is 5.40. The molecule has 9 heteroatoms. The molecule has 1 saturated heterocycles. The van der Waals surface area contributed by atoms with E-state index in [0.29, 0.717) is 18.9 Å². The van der Waals surface area contributed by atoms with E-state index in [1.54, 1.807) is 6.07 Å². The van der Waals surface area contributed by atoms with E-state index >= 15 is 0 Å². The highest BCUT2D eigenvalue weighted by Gasteiger charge is 2.34. The van der Waals surface area contributed by atoms with Crippen LogP contribution in [0.5, 0.6) is 0 Å². The van der Waals surface area contributed by atoms with Gasteiger partial charge in [0.15, 0.2) is 11.5 Å². The van der Waals surface area contributed by atoms with E-state index in [2.05, 4.69) is 15.3 Å². The molecule has 0 radical (unpaired) electrons. The van der Waals surface area contributed by atoms with E-state index in [0.717, 1.165) is 49.4 Å². The second-order valence-corrected chi connectivity index (χ2v) is 6.75. The van der Waals surface area contributed by atoms with Crippen LogP contribution in [-0.2, 0) is 25.6 Å². The maximum Gasteiger partial charge on any atom is 0.435 e. The van der Waals surface area contributed by atoms with Crippen molar-refractivity contribution < 1.29 is 13.2 Å². The predicted molar refractivity (Wildman–Crippen MR) is 87.9 cm³/mol. The number of anilines is 1. The Morgan fingerprint density at radius 1 is 1.15 bits per heavy atom. The molecule has 0 spiro atoms. The van der Waals surface area contributed by atoms with Gasteiger partial charge in [-0.25, -0.2) is 4.68 Å². The quantitative estimate of drug-likeness (QED) is 0.835. The molecule has 1 unspecified atom stereocenters. The van der Waals surface area contributed by atoms with Crippen LogP contribution in [0.4, 0.5) is 19.0 Å². The van der Waals surface area contributed by atoms with Crippen molar-refractivity contribution >= 4 is 5.82 Å². The molecule has 1 atom stereocenters. The van der Waals surface area contributed by atoms with Gasteiger partial charge in [-0.3, -0.25) is 4.79 Å². The molecule has 1 aliphatic heterocycles. The molecule has 3 heterocycles. The predicted octanol–water partition coefficient (Wildman–Crippen LogP) is 2.21. The monoisotopic (exact) mass is 365 g/mol. The standard InChI is InChI=1S/C17H18F3N5O/c18-17(19,20)14-6-7-15(22-21-14)24-8-2-4-12(24)10-25-16(26)9-11-3-1-5-13(11)23-25/h6-7,9,12H,1-5,8,10H2. The molecule has 4 rings (SSSR count). The number of hydrogen-bond acceptors (Lipinski definition) is 5. The van der Waals surface area contributed by atoms with Crippen LogP contribution in [0, 0.1) is 0 Å². The van der Waals surface area contributed by atoms with Crippen molar-refractivity contribution in [2.24, 2.45) is 0 Å². The molecule has 0 saturated carbocycles. The highest BCUT2D eigenvalue weighted by atomic mass is 19.4. The van der Waals surface area contributed by atoms with Crippen molar-refractivity contribution in [2.75, 3.05) is 11.4 Å². The van der Waals surface area contributed by atoms with E-state index in [1.807, 2.05) is 4.90 Å². The molecule has 1 fully saturated rings. The van der Waals surface area contributed by atoms with Gasteiger partial charge < -0.3 is 4.90 Å². The first kappa shape index (κ1) is 17.0. The van der Waals surface area contributed by atoms with E-state index in [-0.39, 0.29) is 11.6 Å². The smallest absolute Gasteiger partial charge is 0.350 e. The number of rotatable bonds is 3. The lowest BCUT2D eigenvalue weighted by Gasteiger charge is -2.25. The fourth-order valence-corrected chi connectivity index (χ4v) is 3.73. The number of aromatic nitrogens is 4. The number of hydrogen-bond donors (Lipinski definition) is 0. The van der Waals surface area contributed by atoms with E-state index in [1.165, 1.54) is 10.7 Å². The zero-order valence-electron chi connectivity index (χ0n) is 14.0. The van der Waals surface area contributed by atoms with Crippen LogP contribution in [0.15, 0.2) is 23.0 Å². The average molecular weight is 365 g/mol. The molecule has 0 amide bonds. The van der Waals surface area contributed by atoms with Gasteiger partial charge in [0.25, 0.3) is 5.56 Å². The van der Waals surface area contributed by atoms with Crippen molar-refractivity contribution in [1.82, 2.24) is 20.0 Å². The van der Waals surface area contributed by atoms with Gasteiger partial charge in [0.2, 0.25) is 0 Å². The van der Waals surface area contributed by atoms with Crippen molar-refractivity contribution in [2.45, 2.75) is 50.9 Å². The Bertz CT molecular complexity index is 862. The molecule has 2 aromatic heterocycles. The van der Waals surface area contributed by atoms with Crippen LogP contribution >= 0.6 is 0 Å². The summed E-state index contributed by atoms with van der Waals surface area (Å²) in [6.45, 7) is 1.07. The zero-order valence-corrected chi connectivity index (χ0v) is 14.0.